The Bertz CT molecular complexity index is 1000. The fraction of sp³-hybridized carbons (Fsp3) is 0.250. The molecule has 1 aromatic carbocycles. The molecule has 1 aliphatic carbocycles. The molecule has 0 atom stereocenters. The number of nitrogens with one attached hydrogen (secondary N) is 2. The summed E-state index contributed by atoms with van der Waals surface area (Å²) in [4.78, 5) is 25.1. The molecule has 1 aliphatic rings. The van der Waals surface area contributed by atoms with E-state index in [0.717, 1.165) is 29.9 Å². The highest BCUT2D eigenvalue weighted by molar-refractivity contribution is 7.18. The Morgan fingerprint density at radius 3 is 2.52 bits per heavy atom. The van der Waals surface area contributed by atoms with Gasteiger partial charge in [-0.25, -0.2) is 4.68 Å². The molecule has 0 spiro atoms. The van der Waals surface area contributed by atoms with Gasteiger partial charge in [-0.05, 0) is 51.0 Å². The predicted octanol–water partition coefficient (Wildman–Crippen LogP) is 4.15. The lowest BCUT2D eigenvalue weighted by Gasteiger charge is -2.06. The van der Waals surface area contributed by atoms with Gasteiger partial charge in [-0.15, -0.1) is 11.3 Å². The van der Waals surface area contributed by atoms with E-state index in [9.17, 15) is 9.59 Å². The molecule has 3 aromatic rings. The van der Waals surface area contributed by atoms with Crippen molar-refractivity contribution in [3.8, 4) is 5.69 Å². The number of aryl methyl sites for hydroxylation is 1. The van der Waals surface area contributed by atoms with Crippen molar-refractivity contribution in [1.29, 1.82) is 0 Å². The summed E-state index contributed by atoms with van der Waals surface area (Å²) in [7, 11) is 0. The van der Waals surface area contributed by atoms with Crippen molar-refractivity contribution in [2.45, 2.75) is 26.7 Å². The molecule has 0 aliphatic heterocycles. The van der Waals surface area contributed by atoms with Crippen LogP contribution in [0.5, 0.6) is 0 Å². The molecule has 1 fully saturated rings. The minimum atomic E-state index is -0.203. The zero-order valence-corrected chi connectivity index (χ0v) is 16.0. The molecule has 0 bridgehead atoms. The summed E-state index contributed by atoms with van der Waals surface area (Å²) < 4.78 is 1.82. The van der Waals surface area contributed by atoms with Crippen LogP contribution in [0.1, 0.15) is 33.9 Å². The minimum Gasteiger partial charge on any atom is -0.318 e. The third kappa shape index (κ3) is 3.64. The monoisotopic (exact) mass is 380 g/mol. The van der Waals surface area contributed by atoms with E-state index in [0.29, 0.717) is 15.6 Å². The van der Waals surface area contributed by atoms with Crippen LogP contribution in [0.25, 0.3) is 5.69 Å². The first-order valence-electron chi connectivity index (χ1n) is 8.86. The molecule has 27 heavy (non-hydrogen) atoms. The van der Waals surface area contributed by atoms with Gasteiger partial charge in [0.2, 0.25) is 5.91 Å². The average Bonchev–Trinajstić information content (AvgIpc) is 3.37. The van der Waals surface area contributed by atoms with E-state index in [2.05, 4.69) is 15.7 Å². The van der Waals surface area contributed by atoms with Gasteiger partial charge in [0.1, 0.15) is 0 Å². The maximum Gasteiger partial charge on any atom is 0.265 e. The summed E-state index contributed by atoms with van der Waals surface area (Å²) in [6.45, 7) is 3.80. The average molecular weight is 380 g/mol. The number of aromatic nitrogens is 2. The van der Waals surface area contributed by atoms with Crippen molar-refractivity contribution in [3.63, 3.8) is 0 Å². The van der Waals surface area contributed by atoms with E-state index in [1.54, 1.807) is 12.1 Å². The summed E-state index contributed by atoms with van der Waals surface area (Å²) in [5.74, 6) is -0.0242. The summed E-state index contributed by atoms with van der Waals surface area (Å²) in [5, 5.41) is 11.1. The van der Waals surface area contributed by atoms with Crippen LogP contribution >= 0.6 is 11.3 Å². The van der Waals surface area contributed by atoms with Crippen LogP contribution in [0, 0.1) is 19.8 Å². The highest BCUT2D eigenvalue weighted by Gasteiger charge is 2.30. The molecule has 2 aromatic heterocycles. The fourth-order valence-corrected chi connectivity index (χ4v) is 3.72. The van der Waals surface area contributed by atoms with Crippen LogP contribution in [-0.4, -0.2) is 21.6 Å². The number of hydrogen-bond donors (Lipinski definition) is 2. The molecule has 0 radical (unpaired) electrons. The molecule has 1 saturated carbocycles. The number of rotatable bonds is 5. The Hall–Kier alpha value is -2.93. The number of carbonyl (C=O) groups excluding carboxylic acids is 2. The van der Waals surface area contributed by atoms with Crippen LogP contribution < -0.4 is 10.6 Å². The van der Waals surface area contributed by atoms with Crippen LogP contribution in [-0.2, 0) is 4.79 Å². The van der Waals surface area contributed by atoms with Gasteiger partial charge in [-0.1, -0.05) is 18.2 Å². The van der Waals surface area contributed by atoms with Crippen LogP contribution in [0.15, 0.2) is 42.5 Å². The standard InChI is InChI=1S/C20H20N4O2S/c1-12-18(13(2)24(23-12)15-6-4-3-5-7-15)22-20(26)16-10-11-17(27-16)21-19(25)14-8-9-14/h3-7,10-11,14H,8-9H2,1-2H3,(H,21,25)(H,22,26). The number of thiophene rings is 1. The van der Waals surface area contributed by atoms with E-state index >= 15 is 0 Å². The molecule has 7 heteroatoms. The number of anilines is 2. The maximum atomic E-state index is 12.7. The topological polar surface area (TPSA) is 76.0 Å². The molecule has 0 saturated heterocycles. The van der Waals surface area contributed by atoms with Crippen molar-refractivity contribution in [1.82, 2.24) is 9.78 Å². The Morgan fingerprint density at radius 1 is 1.07 bits per heavy atom. The summed E-state index contributed by atoms with van der Waals surface area (Å²) >= 11 is 1.28. The van der Waals surface area contributed by atoms with Gasteiger partial charge in [0.15, 0.2) is 0 Å². The van der Waals surface area contributed by atoms with Gasteiger partial charge in [-0.3, -0.25) is 9.59 Å². The van der Waals surface area contributed by atoms with Crippen LogP contribution in [0.4, 0.5) is 10.7 Å². The van der Waals surface area contributed by atoms with E-state index in [-0.39, 0.29) is 17.7 Å². The lowest BCUT2D eigenvalue weighted by molar-refractivity contribution is -0.117. The van der Waals surface area contributed by atoms with Crippen LogP contribution in [0.2, 0.25) is 0 Å². The van der Waals surface area contributed by atoms with Gasteiger partial charge in [0.05, 0.1) is 32.6 Å². The van der Waals surface area contributed by atoms with Crippen molar-refractivity contribution in [2.75, 3.05) is 10.6 Å². The quantitative estimate of drug-likeness (QED) is 0.698. The Morgan fingerprint density at radius 2 is 1.81 bits per heavy atom. The van der Waals surface area contributed by atoms with Crippen LogP contribution in [0.3, 0.4) is 0 Å². The number of hydrogen-bond acceptors (Lipinski definition) is 4. The molecule has 2 N–H and O–H groups in total. The second-order valence-corrected chi connectivity index (χ2v) is 7.76. The van der Waals surface area contributed by atoms with E-state index in [4.69, 9.17) is 0 Å². The first-order valence-corrected chi connectivity index (χ1v) is 9.68. The highest BCUT2D eigenvalue weighted by Crippen LogP contribution is 2.32. The number of benzene rings is 1. The molecule has 6 nitrogen and oxygen atoms in total. The minimum absolute atomic E-state index is 0.0413. The number of carbonyl (C=O) groups is 2. The lowest BCUT2D eigenvalue weighted by Crippen LogP contribution is -2.12. The molecular formula is C20H20N4O2S. The predicted molar refractivity (Wildman–Crippen MR) is 107 cm³/mol. The van der Waals surface area contributed by atoms with Gasteiger partial charge < -0.3 is 10.6 Å². The first-order chi connectivity index (χ1) is 13.0. The van der Waals surface area contributed by atoms with Crippen molar-refractivity contribution >= 4 is 33.8 Å². The SMILES string of the molecule is Cc1nn(-c2ccccc2)c(C)c1NC(=O)c1ccc(NC(=O)C2CC2)s1. The van der Waals surface area contributed by atoms with Gasteiger partial charge in [-0.2, -0.15) is 5.10 Å². The molecule has 2 amide bonds. The molecule has 0 unspecified atom stereocenters. The Kier molecular flexibility index (Phi) is 4.53. The first kappa shape index (κ1) is 17.5. The molecule has 138 valence electrons. The third-order valence-corrected chi connectivity index (χ3v) is 5.55. The normalized spacial score (nSPS) is 13.4. The fourth-order valence-electron chi connectivity index (χ4n) is 2.92. The molecule has 4 rings (SSSR count). The maximum absolute atomic E-state index is 12.7. The zero-order chi connectivity index (χ0) is 19.0. The van der Waals surface area contributed by atoms with Gasteiger partial charge in [0.25, 0.3) is 5.91 Å². The van der Waals surface area contributed by atoms with Crippen molar-refractivity contribution < 1.29 is 9.59 Å². The summed E-state index contributed by atoms with van der Waals surface area (Å²) in [5.41, 5.74) is 3.27. The van der Waals surface area contributed by atoms with E-state index in [1.807, 2.05) is 48.9 Å². The smallest absolute Gasteiger partial charge is 0.265 e. The molecular weight excluding hydrogens is 360 g/mol. The van der Waals surface area contributed by atoms with Crippen molar-refractivity contribution in [2.24, 2.45) is 5.92 Å². The summed E-state index contributed by atoms with van der Waals surface area (Å²) in [6, 6.07) is 13.3. The number of para-hydroxylation sites is 1. The zero-order valence-electron chi connectivity index (χ0n) is 15.2. The largest absolute Gasteiger partial charge is 0.318 e. The second kappa shape index (κ2) is 7.00. The Balaban J connectivity index is 1.51. The third-order valence-electron chi connectivity index (χ3n) is 4.55. The number of nitrogens with zero attached hydrogens (tertiary/aromatic N) is 2. The lowest BCUT2D eigenvalue weighted by atomic mass is 10.3. The van der Waals surface area contributed by atoms with Gasteiger partial charge in [0, 0.05) is 5.92 Å². The Labute approximate surface area is 161 Å². The van der Waals surface area contributed by atoms with Gasteiger partial charge >= 0.3 is 0 Å². The van der Waals surface area contributed by atoms with E-state index < -0.39 is 0 Å². The summed E-state index contributed by atoms with van der Waals surface area (Å²) in [6.07, 6.45) is 1.91. The highest BCUT2D eigenvalue weighted by atomic mass is 32.1. The molecule has 2 heterocycles. The van der Waals surface area contributed by atoms with Crippen molar-refractivity contribution in [3.05, 3.63) is 58.7 Å². The number of amides is 2. The second-order valence-electron chi connectivity index (χ2n) is 6.67. The van der Waals surface area contributed by atoms with E-state index in [1.165, 1.54) is 11.3 Å².